The van der Waals surface area contributed by atoms with Crippen LogP contribution in [0.25, 0.3) is 11.3 Å². The Morgan fingerprint density at radius 2 is 1.95 bits per heavy atom. The van der Waals surface area contributed by atoms with Gasteiger partial charge < -0.3 is 5.73 Å². The van der Waals surface area contributed by atoms with E-state index in [9.17, 15) is 10.1 Å². The van der Waals surface area contributed by atoms with E-state index in [2.05, 4.69) is 16.9 Å². The number of nitro benzene ring substituents is 1. The monoisotopic (exact) mass is 306 g/mol. The molecule has 0 radical (unpaired) electrons. The van der Waals surface area contributed by atoms with Crippen molar-refractivity contribution < 1.29 is 4.92 Å². The Morgan fingerprint density at radius 1 is 1.29 bits per heavy atom. The normalized spacial score (nSPS) is 10.6. The molecule has 0 saturated heterocycles. The van der Waals surface area contributed by atoms with Crippen LogP contribution in [0.4, 0.5) is 11.6 Å². The van der Waals surface area contributed by atoms with E-state index in [-0.39, 0.29) is 11.6 Å². The van der Waals surface area contributed by atoms with Crippen LogP contribution in [0.2, 0.25) is 5.15 Å². The Labute approximate surface area is 127 Å². The number of aromatic nitrogens is 2. The number of hydrogen-bond donors (Lipinski definition) is 1. The Balaban J connectivity index is 2.48. The molecule has 2 rings (SSSR count). The van der Waals surface area contributed by atoms with Crippen molar-refractivity contribution in [3.05, 3.63) is 45.1 Å². The SMILES string of the molecule is CCCCc1c(Cl)nc(N)nc1-c1ccc([N+](=O)[O-])cc1. The van der Waals surface area contributed by atoms with E-state index in [1.807, 2.05) is 0 Å². The lowest BCUT2D eigenvalue weighted by atomic mass is 10.0. The highest BCUT2D eigenvalue weighted by Gasteiger charge is 2.14. The standard InChI is InChI=1S/C14H15ClN4O2/c1-2-3-4-11-12(17-14(16)18-13(11)15)9-5-7-10(8-6-9)19(20)21/h5-8H,2-4H2,1H3,(H2,16,17,18). The van der Waals surface area contributed by atoms with E-state index < -0.39 is 4.92 Å². The molecule has 110 valence electrons. The van der Waals surface area contributed by atoms with Crippen LogP contribution in [0.1, 0.15) is 25.3 Å². The molecule has 1 aromatic heterocycles. The minimum Gasteiger partial charge on any atom is -0.368 e. The van der Waals surface area contributed by atoms with Gasteiger partial charge in [-0.2, -0.15) is 0 Å². The summed E-state index contributed by atoms with van der Waals surface area (Å²) in [5.74, 6) is 0.0913. The zero-order chi connectivity index (χ0) is 15.4. The Hall–Kier alpha value is -2.21. The summed E-state index contributed by atoms with van der Waals surface area (Å²) in [5, 5.41) is 11.0. The molecule has 0 unspecified atom stereocenters. The highest BCUT2D eigenvalue weighted by Crippen LogP contribution is 2.29. The van der Waals surface area contributed by atoms with Gasteiger partial charge in [-0.1, -0.05) is 24.9 Å². The summed E-state index contributed by atoms with van der Waals surface area (Å²) in [6, 6.07) is 6.16. The average Bonchev–Trinajstić information content (AvgIpc) is 2.46. The molecule has 2 N–H and O–H groups in total. The van der Waals surface area contributed by atoms with Gasteiger partial charge in [0.1, 0.15) is 5.15 Å². The van der Waals surface area contributed by atoms with E-state index in [1.165, 1.54) is 12.1 Å². The smallest absolute Gasteiger partial charge is 0.269 e. The third-order valence-electron chi connectivity index (χ3n) is 3.11. The largest absolute Gasteiger partial charge is 0.368 e. The molecule has 1 aromatic carbocycles. The van der Waals surface area contributed by atoms with Gasteiger partial charge in [-0.3, -0.25) is 10.1 Å². The van der Waals surface area contributed by atoms with E-state index in [1.54, 1.807) is 12.1 Å². The lowest BCUT2D eigenvalue weighted by molar-refractivity contribution is -0.384. The molecule has 0 aliphatic carbocycles. The summed E-state index contributed by atoms with van der Waals surface area (Å²) in [4.78, 5) is 18.5. The van der Waals surface area contributed by atoms with Crippen LogP contribution in [0.3, 0.4) is 0 Å². The molecule has 21 heavy (non-hydrogen) atoms. The third-order valence-corrected chi connectivity index (χ3v) is 3.42. The molecule has 7 heteroatoms. The maximum absolute atomic E-state index is 10.7. The predicted octanol–water partition coefficient (Wildman–Crippen LogP) is 3.63. The molecular weight excluding hydrogens is 292 g/mol. The van der Waals surface area contributed by atoms with Crippen LogP contribution in [0, 0.1) is 10.1 Å². The van der Waals surface area contributed by atoms with Gasteiger partial charge in [0.25, 0.3) is 5.69 Å². The van der Waals surface area contributed by atoms with Crippen LogP contribution in [-0.4, -0.2) is 14.9 Å². The van der Waals surface area contributed by atoms with Crippen molar-refractivity contribution in [2.75, 3.05) is 5.73 Å². The van der Waals surface area contributed by atoms with Crippen molar-refractivity contribution in [1.29, 1.82) is 0 Å². The number of nitrogens with two attached hydrogens (primary N) is 1. The molecule has 2 aromatic rings. The van der Waals surface area contributed by atoms with Gasteiger partial charge in [0.2, 0.25) is 5.95 Å². The first-order valence-electron chi connectivity index (χ1n) is 6.59. The highest BCUT2D eigenvalue weighted by atomic mass is 35.5. The van der Waals surface area contributed by atoms with Gasteiger partial charge in [0.05, 0.1) is 10.6 Å². The second-order valence-corrected chi connectivity index (χ2v) is 4.97. The number of non-ortho nitro benzene ring substituents is 1. The van der Waals surface area contributed by atoms with Crippen molar-refractivity contribution in [1.82, 2.24) is 9.97 Å². The lowest BCUT2D eigenvalue weighted by Gasteiger charge is -2.10. The summed E-state index contributed by atoms with van der Waals surface area (Å²) < 4.78 is 0. The fraction of sp³-hybridized carbons (Fsp3) is 0.286. The number of nitrogens with zero attached hydrogens (tertiary/aromatic N) is 3. The number of hydrogen-bond acceptors (Lipinski definition) is 5. The number of benzene rings is 1. The zero-order valence-corrected chi connectivity index (χ0v) is 12.3. The number of anilines is 1. The van der Waals surface area contributed by atoms with Crippen LogP contribution in [-0.2, 0) is 6.42 Å². The molecule has 0 atom stereocenters. The summed E-state index contributed by atoms with van der Waals surface area (Å²) in [6.45, 7) is 2.08. The van der Waals surface area contributed by atoms with E-state index in [4.69, 9.17) is 17.3 Å². The molecule has 1 heterocycles. The van der Waals surface area contributed by atoms with Crippen molar-refractivity contribution in [2.45, 2.75) is 26.2 Å². The van der Waals surface area contributed by atoms with Crippen LogP contribution in [0.15, 0.2) is 24.3 Å². The Bertz CT molecular complexity index is 659. The van der Waals surface area contributed by atoms with E-state index in [0.29, 0.717) is 10.8 Å². The maximum Gasteiger partial charge on any atom is 0.269 e. The fourth-order valence-corrected chi connectivity index (χ4v) is 2.30. The molecule has 6 nitrogen and oxygen atoms in total. The second kappa shape index (κ2) is 6.49. The van der Waals surface area contributed by atoms with Crippen molar-refractivity contribution >= 4 is 23.2 Å². The van der Waals surface area contributed by atoms with Crippen molar-refractivity contribution in [3.63, 3.8) is 0 Å². The first-order valence-corrected chi connectivity index (χ1v) is 6.97. The Kier molecular flexibility index (Phi) is 4.70. The Morgan fingerprint density at radius 3 is 2.52 bits per heavy atom. The quantitative estimate of drug-likeness (QED) is 0.517. The summed E-state index contributed by atoms with van der Waals surface area (Å²) >= 11 is 6.16. The topological polar surface area (TPSA) is 94.9 Å². The number of nitro groups is 1. The first kappa shape index (κ1) is 15.2. The predicted molar refractivity (Wildman–Crippen MR) is 82.2 cm³/mol. The molecule has 0 fully saturated rings. The molecule has 0 bridgehead atoms. The molecule has 0 spiro atoms. The number of rotatable bonds is 5. The number of nitrogen functional groups attached to an aromatic ring is 1. The summed E-state index contributed by atoms with van der Waals surface area (Å²) in [6.07, 6.45) is 2.70. The van der Waals surface area contributed by atoms with Gasteiger partial charge in [-0.25, -0.2) is 9.97 Å². The molecule has 0 saturated carbocycles. The number of halogens is 1. The van der Waals surface area contributed by atoms with E-state index in [0.717, 1.165) is 30.4 Å². The van der Waals surface area contributed by atoms with Gasteiger partial charge in [-0.15, -0.1) is 0 Å². The minimum absolute atomic E-state index is 0.0296. The first-order chi connectivity index (χ1) is 10.0. The van der Waals surface area contributed by atoms with Crippen LogP contribution < -0.4 is 5.73 Å². The van der Waals surface area contributed by atoms with Crippen LogP contribution >= 0.6 is 11.6 Å². The summed E-state index contributed by atoms with van der Waals surface area (Å²) in [7, 11) is 0. The van der Waals surface area contributed by atoms with E-state index >= 15 is 0 Å². The third kappa shape index (κ3) is 3.46. The summed E-state index contributed by atoms with van der Waals surface area (Å²) in [5.41, 5.74) is 7.88. The zero-order valence-electron chi connectivity index (χ0n) is 11.5. The lowest BCUT2D eigenvalue weighted by Crippen LogP contribution is -2.03. The van der Waals surface area contributed by atoms with Crippen molar-refractivity contribution in [2.24, 2.45) is 0 Å². The number of unbranched alkanes of at least 4 members (excludes halogenated alkanes) is 1. The molecule has 0 amide bonds. The molecular formula is C14H15ClN4O2. The maximum atomic E-state index is 10.7. The average molecular weight is 307 g/mol. The minimum atomic E-state index is -0.441. The fourth-order valence-electron chi connectivity index (χ4n) is 2.03. The molecule has 0 aliphatic rings. The van der Waals surface area contributed by atoms with Crippen molar-refractivity contribution in [3.8, 4) is 11.3 Å². The van der Waals surface area contributed by atoms with Gasteiger partial charge >= 0.3 is 0 Å². The highest BCUT2D eigenvalue weighted by molar-refractivity contribution is 6.30. The second-order valence-electron chi connectivity index (χ2n) is 4.61. The van der Waals surface area contributed by atoms with Gasteiger partial charge in [-0.05, 0) is 25.0 Å². The van der Waals surface area contributed by atoms with Gasteiger partial charge in [0.15, 0.2) is 0 Å². The van der Waals surface area contributed by atoms with Crippen LogP contribution in [0.5, 0.6) is 0 Å². The molecule has 0 aliphatic heterocycles. The van der Waals surface area contributed by atoms with Gasteiger partial charge in [0, 0.05) is 23.3 Å².